The lowest BCUT2D eigenvalue weighted by Gasteiger charge is -2.22. The van der Waals surface area contributed by atoms with Crippen LogP contribution < -0.4 is 5.32 Å². The lowest BCUT2D eigenvalue weighted by atomic mass is 10.0. The summed E-state index contributed by atoms with van der Waals surface area (Å²) in [6.45, 7) is 8.22. The number of hydrogen-bond donors (Lipinski definition) is 3. The van der Waals surface area contributed by atoms with Crippen LogP contribution in [0.3, 0.4) is 0 Å². The molecule has 0 aliphatic heterocycles. The number of aliphatic carboxylic acids is 2. The predicted molar refractivity (Wildman–Crippen MR) is 94.1 cm³/mol. The number of rotatable bonds is 6. The topological polar surface area (TPSA) is 99.8 Å². The second kappa shape index (κ2) is 10.1. The Morgan fingerprint density at radius 1 is 1.12 bits per heavy atom. The highest BCUT2D eigenvalue weighted by Gasteiger charge is 2.17. The fourth-order valence-corrected chi connectivity index (χ4v) is 2.22. The van der Waals surface area contributed by atoms with Crippen molar-refractivity contribution in [1.29, 1.82) is 0 Å². The molecule has 0 radical (unpaired) electrons. The Kier molecular flexibility index (Phi) is 8.15. The van der Waals surface area contributed by atoms with Crippen LogP contribution >= 0.6 is 0 Å². The third-order valence-electron chi connectivity index (χ3n) is 3.37. The van der Waals surface area contributed by atoms with Gasteiger partial charge in [-0.05, 0) is 38.0 Å². The first-order chi connectivity index (χ1) is 11.8. The van der Waals surface area contributed by atoms with Gasteiger partial charge in [0.2, 0.25) is 0 Å². The first-order valence-corrected chi connectivity index (χ1v) is 7.76. The second-order valence-electron chi connectivity index (χ2n) is 5.64. The fraction of sp³-hybridized carbons (Fsp3) is 0.263. The second-order valence-corrected chi connectivity index (χ2v) is 5.64. The highest BCUT2D eigenvalue weighted by molar-refractivity contribution is 6.27. The molecule has 6 nitrogen and oxygen atoms in total. The zero-order chi connectivity index (χ0) is 18.8. The summed E-state index contributed by atoms with van der Waals surface area (Å²) in [6.07, 6.45) is 2.60. The van der Waals surface area contributed by atoms with E-state index in [4.69, 9.17) is 24.2 Å². The van der Waals surface area contributed by atoms with Gasteiger partial charge in [0.1, 0.15) is 5.76 Å². The molecule has 1 heterocycles. The standard InChI is InChI=1S/C17H21NO.C2H2O4/c1-13(2)12-16(17-10-7-11-19-17)18-14(3)15-8-5-4-6-9-15;3-1(4)2(5)6/h4-11,14,16,18H,1,12H2,2-3H3;(H,3,4)(H,5,6). The van der Waals surface area contributed by atoms with E-state index in [-0.39, 0.29) is 12.1 Å². The van der Waals surface area contributed by atoms with E-state index >= 15 is 0 Å². The Bertz CT molecular complexity index is 667. The Morgan fingerprint density at radius 2 is 1.72 bits per heavy atom. The van der Waals surface area contributed by atoms with E-state index in [2.05, 4.69) is 43.1 Å². The minimum Gasteiger partial charge on any atom is -0.473 e. The SMILES string of the molecule is C=C(C)CC(NC(C)c1ccccc1)c1ccco1.O=C(O)C(=O)O. The molecular weight excluding hydrogens is 322 g/mol. The molecule has 134 valence electrons. The number of nitrogens with one attached hydrogen (secondary N) is 1. The molecule has 0 bridgehead atoms. The summed E-state index contributed by atoms with van der Waals surface area (Å²) < 4.78 is 5.53. The number of hydrogen-bond acceptors (Lipinski definition) is 4. The molecule has 1 aromatic carbocycles. The molecule has 2 rings (SSSR count). The van der Waals surface area contributed by atoms with Crippen LogP contribution in [0.1, 0.15) is 43.7 Å². The van der Waals surface area contributed by atoms with Gasteiger partial charge in [0, 0.05) is 6.04 Å². The minimum atomic E-state index is -1.82. The van der Waals surface area contributed by atoms with Gasteiger partial charge in [-0.1, -0.05) is 35.9 Å². The van der Waals surface area contributed by atoms with Gasteiger partial charge in [0.25, 0.3) is 0 Å². The Hall–Kier alpha value is -2.86. The van der Waals surface area contributed by atoms with Crippen LogP contribution in [-0.4, -0.2) is 22.2 Å². The summed E-state index contributed by atoms with van der Waals surface area (Å²) in [4.78, 5) is 18.2. The average Bonchev–Trinajstić information content (AvgIpc) is 3.09. The van der Waals surface area contributed by atoms with Crippen LogP contribution in [0.4, 0.5) is 0 Å². The molecule has 0 spiro atoms. The van der Waals surface area contributed by atoms with Crippen molar-refractivity contribution in [2.45, 2.75) is 32.4 Å². The quantitative estimate of drug-likeness (QED) is 0.544. The molecule has 0 saturated heterocycles. The van der Waals surface area contributed by atoms with Crippen molar-refractivity contribution in [1.82, 2.24) is 5.32 Å². The fourth-order valence-electron chi connectivity index (χ4n) is 2.22. The highest BCUT2D eigenvalue weighted by atomic mass is 16.4. The van der Waals surface area contributed by atoms with Gasteiger partial charge in [-0.2, -0.15) is 0 Å². The summed E-state index contributed by atoms with van der Waals surface area (Å²) in [5.41, 5.74) is 2.43. The van der Waals surface area contributed by atoms with E-state index in [0.29, 0.717) is 0 Å². The molecule has 0 aliphatic rings. The molecule has 1 aromatic heterocycles. The van der Waals surface area contributed by atoms with Gasteiger partial charge < -0.3 is 19.9 Å². The van der Waals surface area contributed by atoms with Crippen LogP contribution in [-0.2, 0) is 9.59 Å². The number of carboxylic acids is 2. The monoisotopic (exact) mass is 345 g/mol. The Morgan fingerprint density at radius 3 is 2.16 bits per heavy atom. The van der Waals surface area contributed by atoms with Crippen molar-refractivity contribution < 1.29 is 24.2 Å². The maximum atomic E-state index is 9.10. The molecule has 0 saturated carbocycles. The summed E-state index contributed by atoms with van der Waals surface area (Å²) in [5.74, 6) is -2.68. The first-order valence-electron chi connectivity index (χ1n) is 7.76. The molecule has 2 unspecified atom stereocenters. The van der Waals surface area contributed by atoms with E-state index in [1.165, 1.54) is 5.56 Å². The van der Waals surface area contributed by atoms with Crippen molar-refractivity contribution in [3.8, 4) is 0 Å². The summed E-state index contributed by atoms with van der Waals surface area (Å²) in [7, 11) is 0. The summed E-state index contributed by atoms with van der Waals surface area (Å²) in [5, 5.41) is 18.4. The molecule has 0 fully saturated rings. The number of carbonyl (C=O) groups is 2. The van der Waals surface area contributed by atoms with Crippen molar-refractivity contribution in [2.24, 2.45) is 0 Å². The van der Waals surface area contributed by atoms with Crippen LogP contribution in [0.15, 0.2) is 65.3 Å². The molecule has 2 atom stereocenters. The lowest BCUT2D eigenvalue weighted by Crippen LogP contribution is -2.24. The smallest absolute Gasteiger partial charge is 0.414 e. The molecule has 0 aliphatic carbocycles. The van der Waals surface area contributed by atoms with E-state index < -0.39 is 11.9 Å². The Labute approximate surface area is 146 Å². The molecule has 25 heavy (non-hydrogen) atoms. The minimum absolute atomic E-state index is 0.169. The van der Waals surface area contributed by atoms with E-state index in [1.54, 1.807) is 6.26 Å². The molecule has 0 amide bonds. The van der Waals surface area contributed by atoms with Crippen LogP contribution in [0.25, 0.3) is 0 Å². The van der Waals surface area contributed by atoms with Gasteiger partial charge in [-0.25, -0.2) is 9.59 Å². The number of carboxylic acid groups (broad SMARTS) is 2. The van der Waals surface area contributed by atoms with Gasteiger partial charge in [0.05, 0.1) is 12.3 Å². The molecular formula is C19H23NO5. The summed E-state index contributed by atoms with van der Waals surface area (Å²) >= 11 is 0. The third kappa shape index (κ3) is 7.50. The van der Waals surface area contributed by atoms with Crippen LogP contribution in [0.2, 0.25) is 0 Å². The van der Waals surface area contributed by atoms with E-state index in [0.717, 1.165) is 17.8 Å². The van der Waals surface area contributed by atoms with Gasteiger partial charge in [-0.15, -0.1) is 6.58 Å². The van der Waals surface area contributed by atoms with Gasteiger partial charge >= 0.3 is 11.9 Å². The normalized spacial score (nSPS) is 12.4. The summed E-state index contributed by atoms with van der Waals surface area (Å²) in [6, 6.07) is 14.8. The van der Waals surface area contributed by atoms with E-state index in [9.17, 15) is 0 Å². The van der Waals surface area contributed by atoms with Crippen molar-refractivity contribution in [3.05, 3.63) is 72.2 Å². The van der Waals surface area contributed by atoms with Crippen molar-refractivity contribution in [2.75, 3.05) is 0 Å². The number of benzene rings is 1. The average molecular weight is 345 g/mol. The number of furan rings is 1. The zero-order valence-corrected chi connectivity index (χ0v) is 14.3. The maximum Gasteiger partial charge on any atom is 0.414 e. The highest BCUT2D eigenvalue weighted by Crippen LogP contribution is 2.24. The maximum absolute atomic E-state index is 9.10. The van der Waals surface area contributed by atoms with Crippen LogP contribution in [0, 0.1) is 0 Å². The lowest BCUT2D eigenvalue weighted by molar-refractivity contribution is -0.159. The van der Waals surface area contributed by atoms with E-state index in [1.807, 2.05) is 25.1 Å². The molecule has 6 heteroatoms. The van der Waals surface area contributed by atoms with Crippen molar-refractivity contribution in [3.63, 3.8) is 0 Å². The molecule has 2 aromatic rings. The van der Waals surface area contributed by atoms with Gasteiger partial charge in [-0.3, -0.25) is 0 Å². The van der Waals surface area contributed by atoms with Gasteiger partial charge in [0.15, 0.2) is 0 Å². The third-order valence-corrected chi connectivity index (χ3v) is 3.37. The molecule has 3 N–H and O–H groups in total. The predicted octanol–water partition coefficient (Wildman–Crippen LogP) is 3.79. The first kappa shape index (κ1) is 20.2. The largest absolute Gasteiger partial charge is 0.473 e. The van der Waals surface area contributed by atoms with Crippen LogP contribution in [0.5, 0.6) is 0 Å². The van der Waals surface area contributed by atoms with Crippen molar-refractivity contribution >= 4 is 11.9 Å². The Balaban J connectivity index is 0.000000450. The zero-order valence-electron chi connectivity index (χ0n) is 14.3.